The number of rotatable bonds is 5. The van der Waals surface area contributed by atoms with Gasteiger partial charge in [-0.2, -0.15) is 0 Å². The lowest BCUT2D eigenvalue weighted by Crippen LogP contribution is -2.45. The highest BCUT2D eigenvalue weighted by atomic mass is 35.5. The summed E-state index contributed by atoms with van der Waals surface area (Å²) in [6.07, 6.45) is 0.844. The molecule has 1 fully saturated rings. The van der Waals surface area contributed by atoms with Crippen LogP contribution in [0, 0.1) is 5.82 Å². The van der Waals surface area contributed by atoms with Crippen LogP contribution in [0.1, 0.15) is 28.4 Å². The number of amides is 1. The maximum Gasteiger partial charge on any atom is 0.258 e. The van der Waals surface area contributed by atoms with Crippen LogP contribution in [0.3, 0.4) is 0 Å². The molecule has 1 aliphatic heterocycles. The molecule has 1 aliphatic rings. The minimum Gasteiger partial charge on any atom is -0.491 e. The van der Waals surface area contributed by atoms with Crippen LogP contribution in [0.2, 0.25) is 5.02 Å². The highest BCUT2D eigenvalue weighted by molar-refractivity contribution is 6.31. The molecule has 4 nitrogen and oxygen atoms in total. The number of nitrogens with two attached hydrogens (primary N) is 1. The first-order valence-corrected chi connectivity index (χ1v) is 8.17. The van der Waals surface area contributed by atoms with Crippen molar-refractivity contribution in [3.63, 3.8) is 0 Å². The van der Waals surface area contributed by atoms with Crippen LogP contribution in [-0.4, -0.2) is 30.5 Å². The Labute approximate surface area is 145 Å². The van der Waals surface area contributed by atoms with Crippen LogP contribution in [0.15, 0.2) is 42.5 Å². The van der Waals surface area contributed by atoms with Crippen molar-refractivity contribution in [1.82, 2.24) is 4.90 Å². The van der Waals surface area contributed by atoms with Crippen molar-refractivity contribution in [3.05, 3.63) is 64.4 Å². The van der Waals surface area contributed by atoms with E-state index in [0.29, 0.717) is 36.0 Å². The number of ether oxygens (including phenoxy) is 1. The lowest BCUT2D eigenvalue weighted by atomic mass is 9.93. The number of halogens is 2. The Kier molecular flexibility index (Phi) is 5.02. The van der Waals surface area contributed by atoms with Crippen molar-refractivity contribution in [2.45, 2.75) is 12.5 Å². The molecule has 0 aliphatic carbocycles. The van der Waals surface area contributed by atoms with E-state index in [-0.39, 0.29) is 17.8 Å². The van der Waals surface area contributed by atoms with E-state index in [1.807, 2.05) is 0 Å². The summed E-state index contributed by atoms with van der Waals surface area (Å²) in [6.45, 7) is 1.32. The van der Waals surface area contributed by atoms with Gasteiger partial charge in [0.1, 0.15) is 18.2 Å². The molecule has 3 rings (SSSR count). The smallest absolute Gasteiger partial charge is 0.258 e. The lowest BCUT2D eigenvalue weighted by molar-refractivity contribution is 0.0456. The van der Waals surface area contributed by atoms with Gasteiger partial charge in [-0.25, -0.2) is 4.39 Å². The number of carbonyl (C=O) groups excluding carboxylic acids is 1. The monoisotopic (exact) mass is 348 g/mol. The maximum absolute atomic E-state index is 13.1. The number of likely N-dealkylation sites (tertiary alicyclic amines) is 1. The molecule has 2 aromatic rings. The van der Waals surface area contributed by atoms with Crippen LogP contribution < -0.4 is 10.5 Å². The van der Waals surface area contributed by atoms with E-state index in [1.54, 1.807) is 35.2 Å². The van der Waals surface area contributed by atoms with Gasteiger partial charge < -0.3 is 15.4 Å². The molecule has 2 N–H and O–H groups in total. The van der Waals surface area contributed by atoms with E-state index in [0.717, 1.165) is 12.0 Å². The van der Waals surface area contributed by atoms with Crippen molar-refractivity contribution in [3.8, 4) is 5.75 Å². The normalized spacial score (nSPS) is 16.6. The highest BCUT2D eigenvalue weighted by Crippen LogP contribution is 2.36. The molecule has 1 amide bonds. The third-order valence-electron chi connectivity index (χ3n) is 4.08. The summed E-state index contributed by atoms with van der Waals surface area (Å²) in [4.78, 5) is 14.6. The highest BCUT2D eigenvalue weighted by Gasteiger charge is 2.35. The Bertz CT molecular complexity index is 736. The van der Waals surface area contributed by atoms with Crippen LogP contribution in [-0.2, 0) is 0 Å². The third-order valence-corrected chi connectivity index (χ3v) is 4.32. The molecule has 1 heterocycles. The second kappa shape index (κ2) is 7.20. The number of benzene rings is 2. The van der Waals surface area contributed by atoms with Gasteiger partial charge in [-0.15, -0.1) is 0 Å². The van der Waals surface area contributed by atoms with E-state index >= 15 is 0 Å². The Balaban J connectivity index is 1.83. The first-order chi connectivity index (χ1) is 11.6. The molecule has 0 saturated carbocycles. The zero-order chi connectivity index (χ0) is 17.1. The van der Waals surface area contributed by atoms with Crippen molar-refractivity contribution in [2.75, 3.05) is 19.7 Å². The van der Waals surface area contributed by atoms with Gasteiger partial charge in [0, 0.05) is 18.1 Å². The zero-order valence-corrected chi connectivity index (χ0v) is 13.8. The molecular weight excluding hydrogens is 331 g/mol. The zero-order valence-electron chi connectivity index (χ0n) is 13.0. The first kappa shape index (κ1) is 16.7. The molecule has 126 valence electrons. The number of nitrogens with zero attached hydrogens (tertiary/aromatic N) is 1. The van der Waals surface area contributed by atoms with Crippen molar-refractivity contribution >= 4 is 17.5 Å². The van der Waals surface area contributed by atoms with Crippen molar-refractivity contribution in [2.24, 2.45) is 5.73 Å². The minimum absolute atomic E-state index is 0.0561. The Morgan fingerprint density at radius 1 is 1.29 bits per heavy atom. The second-order valence-electron chi connectivity index (χ2n) is 5.63. The molecule has 0 spiro atoms. The van der Waals surface area contributed by atoms with Gasteiger partial charge in [-0.1, -0.05) is 23.7 Å². The molecule has 6 heteroatoms. The SMILES string of the molecule is NCCOc1ccc(Cl)cc1C(=O)N1CC[C@H]1c1ccc(F)cc1. The van der Waals surface area contributed by atoms with Gasteiger partial charge in [0.2, 0.25) is 0 Å². The Morgan fingerprint density at radius 3 is 2.67 bits per heavy atom. The summed E-state index contributed by atoms with van der Waals surface area (Å²) in [5, 5.41) is 0.470. The quantitative estimate of drug-likeness (QED) is 0.901. The van der Waals surface area contributed by atoms with Crippen LogP contribution >= 0.6 is 11.6 Å². The second-order valence-corrected chi connectivity index (χ2v) is 6.07. The van der Waals surface area contributed by atoms with E-state index in [4.69, 9.17) is 22.1 Å². The van der Waals surface area contributed by atoms with Gasteiger partial charge >= 0.3 is 0 Å². The van der Waals surface area contributed by atoms with Gasteiger partial charge in [0.25, 0.3) is 5.91 Å². The molecule has 2 aromatic carbocycles. The lowest BCUT2D eigenvalue weighted by Gasteiger charge is -2.41. The molecular formula is C18H18ClFN2O2. The standard InChI is InChI=1S/C18H18ClFN2O2/c19-13-3-6-17(24-10-8-21)15(11-13)18(23)22-9-7-16(22)12-1-4-14(20)5-2-12/h1-6,11,16H,7-10,21H2/t16-/m0/s1. The van der Waals surface area contributed by atoms with Gasteiger partial charge in [0.05, 0.1) is 11.6 Å². The molecule has 0 aromatic heterocycles. The predicted octanol–water partition coefficient (Wildman–Crippen LogP) is 3.40. The summed E-state index contributed by atoms with van der Waals surface area (Å²) < 4.78 is 18.6. The average molecular weight is 349 g/mol. The maximum atomic E-state index is 13.1. The molecule has 1 atom stereocenters. The molecule has 0 bridgehead atoms. The fourth-order valence-electron chi connectivity index (χ4n) is 2.78. The van der Waals surface area contributed by atoms with E-state index < -0.39 is 0 Å². The van der Waals surface area contributed by atoms with Crippen LogP contribution in [0.5, 0.6) is 5.75 Å². The molecule has 0 unspecified atom stereocenters. The summed E-state index contributed by atoms with van der Waals surface area (Å²) in [5.41, 5.74) is 6.80. The fourth-order valence-corrected chi connectivity index (χ4v) is 2.95. The summed E-state index contributed by atoms with van der Waals surface area (Å²) in [6, 6.07) is 11.1. The minimum atomic E-state index is -0.289. The molecule has 0 radical (unpaired) electrons. The number of carbonyl (C=O) groups is 1. The Hall–Kier alpha value is -2.11. The third kappa shape index (κ3) is 3.37. The molecule has 24 heavy (non-hydrogen) atoms. The summed E-state index contributed by atoms with van der Waals surface area (Å²) >= 11 is 6.04. The predicted molar refractivity (Wildman–Crippen MR) is 90.8 cm³/mol. The van der Waals surface area contributed by atoms with E-state index in [9.17, 15) is 9.18 Å². The summed E-state index contributed by atoms with van der Waals surface area (Å²) in [5.74, 6) is 0.0352. The topological polar surface area (TPSA) is 55.6 Å². The first-order valence-electron chi connectivity index (χ1n) is 7.79. The Morgan fingerprint density at radius 2 is 2.04 bits per heavy atom. The van der Waals surface area contributed by atoms with Gasteiger partial charge in [0.15, 0.2) is 0 Å². The largest absolute Gasteiger partial charge is 0.491 e. The van der Waals surface area contributed by atoms with Gasteiger partial charge in [-0.3, -0.25) is 4.79 Å². The average Bonchev–Trinajstić information content (AvgIpc) is 2.54. The summed E-state index contributed by atoms with van der Waals surface area (Å²) in [7, 11) is 0. The fraction of sp³-hybridized carbons (Fsp3) is 0.278. The van der Waals surface area contributed by atoms with E-state index in [2.05, 4.69) is 0 Å². The number of hydrogen-bond acceptors (Lipinski definition) is 3. The van der Waals surface area contributed by atoms with Crippen LogP contribution in [0.25, 0.3) is 0 Å². The van der Waals surface area contributed by atoms with Crippen molar-refractivity contribution < 1.29 is 13.9 Å². The van der Waals surface area contributed by atoms with Crippen molar-refractivity contribution in [1.29, 1.82) is 0 Å². The number of hydrogen-bond donors (Lipinski definition) is 1. The van der Waals surface area contributed by atoms with E-state index in [1.165, 1.54) is 12.1 Å². The van der Waals surface area contributed by atoms with Gasteiger partial charge in [-0.05, 0) is 42.3 Å². The molecule has 1 saturated heterocycles. The van der Waals surface area contributed by atoms with Crippen LogP contribution in [0.4, 0.5) is 4.39 Å².